The van der Waals surface area contributed by atoms with Crippen molar-refractivity contribution in [2.45, 2.75) is 36.3 Å². The second-order valence-corrected chi connectivity index (χ2v) is 6.72. The van der Waals surface area contributed by atoms with Gasteiger partial charge < -0.3 is 5.11 Å². The van der Waals surface area contributed by atoms with Gasteiger partial charge in [-0.1, -0.05) is 0 Å². The van der Waals surface area contributed by atoms with Crippen molar-refractivity contribution in [2.24, 2.45) is 0 Å². The van der Waals surface area contributed by atoms with Gasteiger partial charge in [-0.05, 0) is 38.1 Å². The number of rotatable bonds is 5. The molecule has 4 nitrogen and oxygen atoms in total. The molecule has 0 unspecified atom stereocenters. The maximum Gasteiger partial charge on any atom is 0.327 e. The lowest BCUT2D eigenvalue weighted by Crippen LogP contribution is -2.46. The summed E-state index contributed by atoms with van der Waals surface area (Å²) in [5.41, 5.74) is 0. The predicted molar refractivity (Wildman–Crippen MR) is 80.1 cm³/mol. The molecule has 0 aliphatic carbocycles. The van der Waals surface area contributed by atoms with Gasteiger partial charge >= 0.3 is 5.97 Å². The van der Waals surface area contributed by atoms with Gasteiger partial charge in [-0.15, -0.1) is 23.7 Å². The quantitative estimate of drug-likeness (QED) is 0.667. The van der Waals surface area contributed by atoms with E-state index in [9.17, 15) is 22.7 Å². The maximum absolute atomic E-state index is 13.0. The van der Waals surface area contributed by atoms with E-state index in [1.807, 2.05) is 0 Å². The van der Waals surface area contributed by atoms with E-state index in [4.69, 9.17) is 0 Å². The van der Waals surface area contributed by atoms with Gasteiger partial charge in [-0.3, -0.25) is 4.79 Å². The second kappa shape index (κ2) is 7.11. The molecule has 0 saturated heterocycles. The minimum absolute atomic E-state index is 0.271. The van der Waals surface area contributed by atoms with Crippen LogP contribution in [0.1, 0.15) is 26.7 Å². The topological polar surface area (TPSA) is 71.4 Å². The molecule has 0 radical (unpaired) electrons. The van der Waals surface area contributed by atoms with Gasteiger partial charge in [0.1, 0.15) is 5.82 Å². The summed E-state index contributed by atoms with van der Waals surface area (Å²) in [5, 5.41) is 9.54. The number of sulfone groups is 1. The van der Waals surface area contributed by atoms with Crippen molar-refractivity contribution < 1.29 is 22.7 Å². The molecule has 1 rings (SSSR count). The second-order valence-electron chi connectivity index (χ2n) is 4.46. The Morgan fingerprint density at radius 2 is 1.59 bits per heavy atom. The monoisotopic (exact) mass is 322 g/mol. The summed E-state index contributed by atoms with van der Waals surface area (Å²) < 4.78 is 36.4. The molecule has 0 bridgehead atoms. The first-order chi connectivity index (χ1) is 10.3. The third-order valence-corrected chi connectivity index (χ3v) is 5.51. The summed E-state index contributed by atoms with van der Waals surface area (Å²) in [7, 11) is -4.29. The Hall–Kier alpha value is -2.31. The van der Waals surface area contributed by atoms with E-state index in [1.165, 1.54) is 13.8 Å². The zero-order valence-electron chi connectivity index (χ0n) is 12.2. The molecule has 0 fully saturated rings. The van der Waals surface area contributed by atoms with Crippen LogP contribution in [-0.4, -0.2) is 24.2 Å². The third-order valence-electron chi connectivity index (χ3n) is 3.13. The fraction of sp³-hybridized carbons (Fsp3) is 0.312. The van der Waals surface area contributed by atoms with Gasteiger partial charge in [-0.25, -0.2) is 12.8 Å². The first-order valence-corrected chi connectivity index (χ1v) is 7.83. The first-order valence-electron chi connectivity index (χ1n) is 6.34. The Balaban J connectivity index is 3.56. The lowest BCUT2D eigenvalue weighted by Gasteiger charge is -2.25. The van der Waals surface area contributed by atoms with Crippen LogP contribution in [0.2, 0.25) is 0 Å². The number of benzene rings is 1. The van der Waals surface area contributed by atoms with Gasteiger partial charge in [0.15, 0.2) is 14.6 Å². The molecular weight excluding hydrogens is 307 g/mol. The summed E-state index contributed by atoms with van der Waals surface area (Å²) >= 11 is 0. The number of hydrogen-bond donors (Lipinski definition) is 1. The average Bonchev–Trinajstić information content (AvgIpc) is 2.47. The van der Waals surface area contributed by atoms with Crippen LogP contribution < -0.4 is 0 Å². The third kappa shape index (κ3) is 3.29. The van der Waals surface area contributed by atoms with Crippen LogP contribution in [0.4, 0.5) is 4.39 Å². The molecule has 1 N–H and O–H groups in total. The Labute approximate surface area is 129 Å². The standard InChI is InChI=1S/C16H15FO4S/c1-3-5-11-16(15(18)19,12-6-4-2)22(20,21)14-9-7-13(17)8-10-14/h7-10H,11-12H2,1-2H3,(H,18,19). The highest BCUT2D eigenvalue weighted by atomic mass is 32.2. The summed E-state index contributed by atoms with van der Waals surface area (Å²) in [6.45, 7) is 2.98. The Morgan fingerprint density at radius 1 is 1.14 bits per heavy atom. The van der Waals surface area contributed by atoms with Crippen molar-refractivity contribution in [1.29, 1.82) is 0 Å². The summed E-state index contributed by atoms with van der Waals surface area (Å²) in [4.78, 5) is 11.5. The minimum atomic E-state index is -4.29. The number of carbonyl (C=O) groups is 1. The van der Waals surface area contributed by atoms with Crippen molar-refractivity contribution >= 4 is 15.8 Å². The zero-order valence-corrected chi connectivity index (χ0v) is 13.0. The molecule has 6 heteroatoms. The van der Waals surface area contributed by atoms with E-state index < -0.39 is 39.2 Å². The summed E-state index contributed by atoms with van der Waals surface area (Å²) in [6.07, 6.45) is -0.791. The zero-order chi connectivity index (χ0) is 16.8. The Kier molecular flexibility index (Phi) is 5.73. The van der Waals surface area contributed by atoms with Gasteiger partial charge in [0, 0.05) is 12.8 Å². The van der Waals surface area contributed by atoms with Crippen LogP contribution in [0.5, 0.6) is 0 Å². The van der Waals surface area contributed by atoms with E-state index in [-0.39, 0.29) is 4.90 Å². The smallest absolute Gasteiger partial charge is 0.327 e. The SMILES string of the molecule is CC#CCC(CC#CC)(C(=O)O)S(=O)(=O)c1ccc(F)cc1. The van der Waals surface area contributed by atoms with Crippen LogP contribution in [0, 0.1) is 29.5 Å². The number of carboxylic acid groups (broad SMARTS) is 1. The van der Waals surface area contributed by atoms with Crippen molar-refractivity contribution in [3.8, 4) is 23.7 Å². The van der Waals surface area contributed by atoms with Crippen LogP contribution >= 0.6 is 0 Å². The van der Waals surface area contributed by atoms with Crippen LogP contribution in [-0.2, 0) is 14.6 Å². The van der Waals surface area contributed by atoms with Crippen LogP contribution in [0.3, 0.4) is 0 Å². The van der Waals surface area contributed by atoms with Gasteiger partial charge in [0.25, 0.3) is 0 Å². The largest absolute Gasteiger partial charge is 0.480 e. The van der Waals surface area contributed by atoms with Crippen molar-refractivity contribution in [2.75, 3.05) is 0 Å². The molecule has 22 heavy (non-hydrogen) atoms. The van der Waals surface area contributed by atoms with Gasteiger partial charge in [0.2, 0.25) is 0 Å². The fourth-order valence-electron chi connectivity index (χ4n) is 1.82. The molecule has 0 spiro atoms. The van der Waals surface area contributed by atoms with Gasteiger partial charge in [0.05, 0.1) is 4.90 Å². The maximum atomic E-state index is 13.0. The lowest BCUT2D eigenvalue weighted by molar-refractivity contribution is -0.139. The molecule has 116 valence electrons. The van der Waals surface area contributed by atoms with E-state index in [1.54, 1.807) is 0 Å². The van der Waals surface area contributed by atoms with Crippen molar-refractivity contribution in [3.05, 3.63) is 30.1 Å². The summed E-state index contributed by atoms with van der Waals surface area (Å²) in [6, 6.07) is 4.02. The molecular formula is C16H15FO4S. The normalized spacial score (nSPS) is 10.9. The number of hydrogen-bond acceptors (Lipinski definition) is 3. The molecule has 0 saturated carbocycles. The van der Waals surface area contributed by atoms with Crippen LogP contribution in [0.25, 0.3) is 0 Å². The van der Waals surface area contributed by atoms with Crippen molar-refractivity contribution in [1.82, 2.24) is 0 Å². The highest BCUT2D eigenvalue weighted by molar-refractivity contribution is 7.93. The van der Waals surface area contributed by atoms with Crippen LogP contribution in [0.15, 0.2) is 29.2 Å². The minimum Gasteiger partial charge on any atom is -0.480 e. The fourth-order valence-corrected chi connectivity index (χ4v) is 3.52. The Morgan fingerprint density at radius 3 is 1.95 bits per heavy atom. The summed E-state index contributed by atoms with van der Waals surface area (Å²) in [5.74, 6) is 7.90. The molecule has 1 aromatic rings. The van der Waals surface area contributed by atoms with E-state index in [0.717, 1.165) is 24.3 Å². The molecule has 1 aromatic carbocycles. The molecule has 0 aliphatic heterocycles. The highest BCUT2D eigenvalue weighted by Gasteiger charge is 2.51. The molecule has 0 atom stereocenters. The van der Waals surface area contributed by atoms with Gasteiger partial charge in [-0.2, -0.15) is 0 Å². The molecule has 0 heterocycles. The van der Waals surface area contributed by atoms with E-state index >= 15 is 0 Å². The van der Waals surface area contributed by atoms with E-state index in [0.29, 0.717) is 0 Å². The van der Waals surface area contributed by atoms with Crippen molar-refractivity contribution in [3.63, 3.8) is 0 Å². The molecule has 0 aromatic heterocycles. The first kappa shape index (κ1) is 17.7. The number of aliphatic carboxylic acids is 1. The predicted octanol–water partition coefficient (Wildman–Crippen LogP) is 2.25. The van der Waals surface area contributed by atoms with E-state index in [2.05, 4.69) is 23.7 Å². The highest BCUT2D eigenvalue weighted by Crippen LogP contribution is 2.32. The molecule has 0 amide bonds. The lowest BCUT2D eigenvalue weighted by atomic mass is 10.0. The Bertz CT molecular complexity index is 749. The average molecular weight is 322 g/mol. The molecule has 0 aliphatic rings. The number of carboxylic acids is 1. The number of halogens is 1.